The largest absolute Gasteiger partial charge is 0.506 e. The topological polar surface area (TPSA) is 54.6 Å². The van der Waals surface area contributed by atoms with Crippen molar-refractivity contribution in [1.82, 2.24) is 9.38 Å². The average Bonchev–Trinajstić information content (AvgIpc) is 3.02. The Kier molecular flexibility index (Phi) is 3.47. The van der Waals surface area contributed by atoms with Crippen LogP contribution in [0.25, 0.3) is 22.1 Å². The van der Waals surface area contributed by atoms with Crippen molar-refractivity contribution in [3.8, 4) is 5.75 Å². The first-order valence-corrected chi connectivity index (χ1v) is 8.98. The number of phenols is 1. The van der Waals surface area contributed by atoms with Gasteiger partial charge in [-0.05, 0) is 65.2 Å². The van der Waals surface area contributed by atoms with Crippen LogP contribution < -0.4 is 10.1 Å². The summed E-state index contributed by atoms with van der Waals surface area (Å²) in [5.74, 6) is 0.124. The normalized spacial score (nSPS) is 12.5. The summed E-state index contributed by atoms with van der Waals surface area (Å²) in [4.78, 5) is 18.0. The van der Waals surface area contributed by atoms with E-state index in [2.05, 4.69) is 20.9 Å². The van der Waals surface area contributed by atoms with Gasteiger partial charge >= 0.3 is 0 Å². The van der Waals surface area contributed by atoms with E-state index in [1.54, 1.807) is 22.6 Å². The third-order valence-electron chi connectivity index (χ3n) is 4.16. The summed E-state index contributed by atoms with van der Waals surface area (Å²) in [6, 6.07) is 9.35. The highest BCUT2D eigenvalue weighted by Crippen LogP contribution is 2.28. The summed E-state index contributed by atoms with van der Waals surface area (Å²) >= 11 is 4.62. The molecule has 0 fully saturated rings. The van der Waals surface area contributed by atoms with Crippen LogP contribution in [0.3, 0.4) is 0 Å². The summed E-state index contributed by atoms with van der Waals surface area (Å²) < 4.78 is 2.79. The minimum Gasteiger partial charge on any atom is -0.506 e. The van der Waals surface area contributed by atoms with Crippen LogP contribution in [0.2, 0.25) is 0 Å². The third kappa shape index (κ3) is 2.25. The Hall–Kier alpha value is -2.18. The standard InChI is InChI=1S/C18H13BrN2O2S/c1-9-6-13-14(7-10(9)2)21-17(23)15(24-18(21)20-13)8-11-4-3-5-12(19)16(11)22/h3-8,22H,1-2H3. The molecule has 2 aromatic carbocycles. The number of aryl methyl sites for hydroxylation is 2. The summed E-state index contributed by atoms with van der Waals surface area (Å²) in [5.41, 5.74) is 4.44. The first kappa shape index (κ1) is 15.4. The van der Waals surface area contributed by atoms with Gasteiger partial charge in [0.15, 0.2) is 4.96 Å². The molecule has 0 saturated carbocycles. The molecule has 0 saturated heterocycles. The van der Waals surface area contributed by atoms with Crippen molar-refractivity contribution in [2.75, 3.05) is 0 Å². The van der Waals surface area contributed by atoms with Gasteiger partial charge in [-0.15, -0.1) is 0 Å². The molecule has 0 atom stereocenters. The van der Waals surface area contributed by atoms with Crippen LogP contribution in [0.15, 0.2) is 39.6 Å². The SMILES string of the molecule is Cc1cc2nc3sc(=Cc4cccc(Br)c4O)c(=O)n3c2cc1C. The molecule has 6 heteroatoms. The number of rotatable bonds is 1. The lowest BCUT2D eigenvalue weighted by molar-refractivity contribution is 0.470. The smallest absolute Gasteiger partial charge is 0.274 e. The fourth-order valence-electron chi connectivity index (χ4n) is 2.71. The number of nitrogens with zero attached hydrogens (tertiary/aromatic N) is 2. The number of imidazole rings is 1. The monoisotopic (exact) mass is 400 g/mol. The highest BCUT2D eigenvalue weighted by atomic mass is 79.9. The molecule has 24 heavy (non-hydrogen) atoms. The van der Waals surface area contributed by atoms with Crippen molar-refractivity contribution in [2.24, 2.45) is 0 Å². The van der Waals surface area contributed by atoms with E-state index in [-0.39, 0.29) is 11.3 Å². The van der Waals surface area contributed by atoms with Gasteiger partial charge in [-0.2, -0.15) is 0 Å². The summed E-state index contributed by atoms with van der Waals surface area (Å²) in [7, 11) is 0. The number of phenolic OH excluding ortho intramolecular Hbond substituents is 1. The van der Waals surface area contributed by atoms with Crippen LogP contribution >= 0.6 is 27.3 Å². The Morgan fingerprint density at radius 1 is 1.25 bits per heavy atom. The van der Waals surface area contributed by atoms with E-state index < -0.39 is 0 Å². The molecule has 1 N–H and O–H groups in total. The van der Waals surface area contributed by atoms with Crippen molar-refractivity contribution in [3.63, 3.8) is 0 Å². The van der Waals surface area contributed by atoms with Gasteiger partial charge in [0.2, 0.25) is 0 Å². The average molecular weight is 401 g/mol. The molecule has 0 unspecified atom stereocenters. The van der Waals surface area contributed by atoms with Gasteiger partial charge in [-0.1, -0.05) is 23.5 Å². The second kappa shape index (κ2) is 5.43. The molecule has 0 amide bonds. The number of aromatic nitrogens is 2. The van der Waals surface area contributed by atoms with Gasteiger partial charge < -0.3 is 5.11 Å². The highest BCUT2D eigenvalue weighted by molar-refractivity contribution is 9.10. The lowest BCUT2D eigenvalue weighted by atomic mass is 10.1. The maximum Gasteiger partial charge on any atom is 0.274 e. The Labute approximate surface area is 149 Å². The molecule has 0 aliphatic carbocycles. The Balaban J connectivity index is 2.03. The predicted octanol–water partition coefficient (Wildman–Crippen LogP) is 3.54. The van der Waals surface area contributed by atoms with Crippen LogP contribution in [0.5, 0.6) is 5.75 Å². The van der Waals surface area contributed by atoms with Gasteiger partial charge in [0.05, 0.1) is 20.0 Å². The van der Waals surface area contributed by atoms with E-state index in [0.29, 0.717) is 19.5 Å². The first-order chi connectivity index (χ1) is 11.5. The van der Waals surface area contributed by atoms with Crippen LogP contribution in [0, 0.1) is 13.8 Å². The Bertz CT molecular complexity index is 1220. The first-order valence-electron chi connectivity index (χ1n) is 7.37. The van der Waals surface area contributed by atoms with Crippen LogP contribution in [-0.2, 0) is 0 Å². The van der Waals surface area contributed by atoms with Crippen molar-refractivity contribution in [2.45, 2.75) is 13.8 Å². The molecule has 0 aliphatic heterocycles. The van der Waals surface area contributed by atoms with Crippen LogP contribution in [0.1, 0.15) is 16.7 Å². The van der Waals surface area contributed by atoms with Gasteiger partial charge in [0.1, 0.15) is 5.75 Å². The van der Waals surface area contributed by atoms with E-state index in [1.807, 2.05) is 32.0 Å². The van der Waals surface area contributed by atoms with E-state index in [4.69, 9.17) is 0 Å². The van der Waals surface area contributed by atoms with Gasteiger partial charge in [-0.25, -0.2) is 9.38 Å². The van der Waals surface area contributed by atoms with Crippen LogP contribution in [-0.4, -0.2) is 14.5 Å². The zero-order valence-corrected chi connectivity index (χ0v) is 15.4. The molecular weight excluding hydrogens is 388 g/mol. The fraction of sp³-hybridized carbons (Fsp3) is 0.111. The number of benzene rings is 2. The molecule has 4 aromatic rings. The van der Waals surface area contributed by atoms with E-state index in [9.17, 15) is 9.90 Å². The van der Waals surface area contributed by atoms with E-state index in [1.165, 1.54) is 11.3 Å². The summed E-state index contributed by atoms with van der Waals surface area (Å²) in [5, 5.41) is 10.1. The minimum atomic E-state index is -0.111. The second-order valence-corrected chi connectivity index (χ2v) is 7.61. The van der Waals surface area contributed by atoms with Crippen molar-refractivity contribution in [3.05, 3.63) is 66.4 Å². The molecular formula is C18H13BrN2O2S. The molecule has 0 aliphatic rings. The maximum atomic E-state index is 12.8. The zero-order chi connectivity index (χ0) is 17.0. The second-order valence-electron chi connectivity index (χ2n) is 5.75. The quantitative estimate of drug-likeness (QED) is 0.531. The highest BCUT2D eigenvalue weighted by Gasteiger charge is 2.13. The molecule has 4 rings (SSSR count). The van der Waals surface area contributed by atoms with E-state index in [0.717, 1.165) is 22.2 Å². The lowest BCUT2D eigenvalue weighted by Crippen LogP contribution is -2.22. The number of fused-ring (bicyclic) bond motifs is 3. The van der Waals surface area contributed by atoms with Crippen molar-refractivity contribution in [1.29, 1.82) is 0 Å². The number of para-hydroxylation sites is 1. The van der Waals surface area contributed by atoms with Crippen molar-refractivity contribution < 1.29 is 5.11 Å². The fourth-order valence-corrected chi connectivity index (χ4v) is 4.07. The predicted molar refractivity (Wildman–Crippen MR) is 101 cm³/mol. The number of halogens is 1. The molecule has 2 heterocycles. The Morgan fingerprint density at radius 2 is 2.00 bits per heavy atom. The number of hydrogen-bond donors (Lipinski definition) is 1. The van der Waals surface area contributed by atoms with Gasteiger partial charge in [0, 0.05) is 5.56 Å². The summed E-state index contributed by atoms with van der Waals surface area (Å²) in [6.45, 7) is 4.06. The molecule has 0 radical (unpaired) electrons. The zero-order valence-electron chi connectivity index (χ0n) is 13.0. The van der Waals surface area contributed by atoms with Crippen molar-refractivity contribution >= 4 is 49.3 Å². The maximum absolute atomic E-state index is 12.8. The molecule has 2 aromatic heterocycles. The number of thiazole rings is 1. The van der Waals surface area contributed by atoms with Crippen LogP contribution in [0.4, 0.5) is 0 Å². The van der Waals surface area contributed by atoms with Gasteiger partial charge in [-0.3, -0.25) is 4.79 Å². The molecule has 4 nitrogen and oxygen atoms in total. The number of hydrogen-bond acceptors (Lipinski definition) is 4. The molecule has 0 spiro atoms. The Morgan fingerprint density at radius 3 is 2.79 bits per heavy atom. The van der Waals surface area contributed by atoms with E-state index >= 15 is 0 Å². The lowest BCUT2D eigenvalue weighted by Gasteiger charge is -2.00. The van der Waals surface area contributed by atoms with Gasteiger partial charge in [0.25, 0.3) is 5.56 Å². The minimum absolute atomic E-state index is 0.111. The molecule has 0 bridgehead atoms. The third-order valence-corrected chi connectivity index (χ3v) is 5.77. The summed E-state index contributed by atoms with van der Waals surface area (Å²) in [6.07, 6.45) is 1.70. The molecule has 120 valence electrons. The number of aromatic hydroxyl groups is 1.